The molecule has 1 atom stereocenters. The Hall–Kier alpha value is -1.88. The first kappa shape index (κ1) is 15.0. The van der Waals surface area contributed by atoms with Gasteiger partial charge in [0.25, 0.3) is 0 Å². The molecule has 3 rings (SSSR count). The van der Waals surface area contributed by atoms with Crippen molar-refractivity contribution in [2.45, 2.75) is 38.9 Å². The molecule has 22 heavy (non-hydrogen) atoms. The second-order valence-electron chi connectivity index (χ2n) is 6.05. The molecule has 3 heterocycles. The zero-order valence-electron chi connectivity index (χ0n) is 13.5. The van der Waals surface area contributed by atoms with Gasteiger partial charge in [-0.3, -0.25) is 9.58 Å². The highest BCUT2D eigenvalue weighted by Crippen LogP contribution is 2.21. The molecule has 1 aliphatic rings. The van der Waals surface area contributed by atoms with Crippen molar-refractivity contribution in [2.75, 3.05) is 25.0 Å². The average Bonchev–Trinajstić information content (AvgIpc) is 3.03. The summed E-state index contributed by atoms with van der Waals surface area (Å²) in [6.45, 7) is 6.16. The molecule has 5 heteroatoms. The molecule has 0 saturated carbocycles. The van der Waals surface area contributed by atoms with Crippen LogP contribution in [0.1, 0.15) is 25.3 Å². The van der Waals surface area contributed by atoms with E-state index in [2.05, 4.69) is 52.2 Å². The van der Waals surface area contributed by atoms with Crippen LogP contribution in [0, 0.1) is 0 Å². The molecule has 0 radical (unpaired) electrons. The number of hydrogen-bond acceptors (Lipinski definition) is 4. The Morgan fingerprint density at radius 1 is 1.36 bits per heavy atom. The molecule has 118 valence electrons. The number of nitrogens with zero attached hydrogens (tertiary/aromatic N) is 5. The summed E-state index contributed by atoms with van der Waals surface area (Å²) >= 11 is 0. The van der Waals surface area contributed by atoms with E-state index in [1.54, 1.807) is 0 Å². The molecule has 0 N–H and O–H groups in total. The number of anilines is 1. The van der Waals surface area contributed by atoms with Crippen LogP contribution in [0.3, 0.4) is 0 Å². The van der Waals surface area contributed by atoms with Crippen LogP contribution >= 0.6 is 0 Å². The third kappa shape index (κ3) is 3.47. The van der Waals surface area contributed by atoms with Gasteiger partial charge in [0.05, 0.1) is 6.20 Å². The zero-order chi connectivity index (χ0) is 15.4. The van der Waals surface area contributed by atoms with Crippen LogP contribution in [-0.4, -0.2) is 45.8 Å². The van der Waals surface area contributed by atoms with Crippen molar-refractivity contribution >= 4 is 5.82 Å². The van der Waals surface area contributed by atoms with E-state index in [0.29, 0.717) is 6.04 Å². The number of hydrogen-bond donors (Lipinski definition) is 0. The topological polar surface area (TPSA) is 37.2 Å². The fourth-order valence-corrected chi connectivity index (χ4v) is 3.14. The van der Waals surface area contributed by atoms with E-state index in [1.807, 2.05) is 23.1 Å². The minimum atomic E-state index is 0.570. The lowest BCUT2D eigenvalue weighted by Crippen LogP contribution is -2.46. The standard InChI is InChI=1S/C17H25N5/c1-3-22-13-15(11-19-22)12-20(2)16-7-6-10-21(14-16)17-8-4-5-9-18-17/h4-5,8-9,11,13,16H,3,6-7,10,12,14H2,1-2H3. The Bertz CT molecular complexity index is 580. The Morgan fingerprint density at radius 3 is 3.00 bits per heavy atom. The summed E-state index contributed by atoms with van der Waals surface area (Å²) in [4.78, 5) is 9.34. The van der Waals surface area contributed by atoms with Crippen LogP contribution in [0.4, 0.5) is 5.82 Å². The van der Waals surface area contributed by atoms with Crippen LogP contribution in [0.25, 0.3) is 0 Å². The average molecular weight is 299 g/mol. The number of rotatable bonds is 5. The van der Waals surface area contributed by atoms with E-state index >= 15 is 0 Å². The van der Waals surface area contributed by atoms with Crippen molar-refractivity contribution in [1.29, 1.82) is 0 Å². The third-order valence-corrected chi connectivity index (χ3v) is 4.44. The number of pyridine rings is 1. The molecular weight excluding hydrogens is 274 g/mol. The molecule has 5 nitrogen and oxygen atoms in total. The molecule has 0 bridgehead atoms. The van der Waals surface area contributed by atoms with Gasteiger partial charge in [0.15, 0.2) is 0 Å². The van der Waals surface area contributed by atoms with Gasteiger partial charge in [-0.2, -0.15) is 5.10 Å². The van der Waals surface area contributed by atoms with Crippen LogP contribution in [0.15, 0.2) is 36.8 Å². The summed E-state index contributed by atoms with van der Waals surface area (Å²) in [6, 6.07) is 6.71. The van der Waals surface area contributed by atoms with E-state index in [-0.39, 0.29) is 0 Å². The summed E-state index contributed by atoms with van der Waals surface area (Å²) in [6.07, 6.45) is 8.48. The largest absolute Gasteiger partial charge is 0.355 e. The van der Waals surface area contributed by atoms with Gasteiger partial charge < -0.3 is 4.90 Å². The van der Waals surface area contributed by atoms with Crippen molar-refractivity contribution in [3.63, 3.8) is 0 Å². The fourth-order valence-electron chi connectivity index (χ4n) is 3.14. The smallest absolute Gasteiger partial charge is 0.128 e. The molecule has 1 aliphatic heterocycles. The summed E-state index contributed by atoms with van der Waals surface area (Å²) in [5, 5.41) is 4.36. The Kier molecular flexibility index (Phi) is 4.73. The molecule has 0 aromatic carbocycles. The maximum absolute atomic E-state index is 4.49. The Balaban J connectivity index is 1.61. The molecule has 2 aromatic rings. The van der Waals surface area contributed by atoms with E-state index < -0.39 is 0 Å². The fraction of sp³-hybridized carbons (Fsp3) is 0.529. The maximum atomic E-state index is 4.49. The first-order valence-corrected chi connectivity index (χ1v) is 8.14. The Labute approximate surface area is 132 Å². The zero-order valence-corrected chi connectivity index (χ0v) is 13.5. The number of aromatic nitrogens is 3. The normalized spacial score (nSPS) is 18.9. The highest BCUT2D eigenvalue weighted by Gasteiger charge is 2.24. The van der Waals surface area contributed by atoms with Gasteiger partial charge in [0.2, 0.25) is 0 Å². The van der Waals surface area contributed by atoms with Crippen molar-refractivity contribution < 1.29 is 0 Å². The van der Waals surface area contributed by atoms with E-state index in [0.717, 1.165) is 32.0 Å². The monoisotopic (exact) mass is 299 g/mol. The van der Waals surface area contributed by atoms with Crippen LogP contribution < -0.4 is 4.90 Å². The minimum absolute atomic E-state index is 0.570. The summed E-state index contributed by atoms with van der Waals surface area (Å²) in [7, 11) is 2.22. The number of piperidine rings is 1. The second kappa shape index (κ2) is 6.92. The van der Waals surface area contributed by atoms with Crippen LogP contribution in [0.5, 0.6) is 0 Å². The first-order valence-electron chi connectivity index (χ1n) is 8.14. The molecule has 0 spiro atoms. The predicted molar refractivity (Wildman–Crippen MR) is 88.8 cm³/mol. The number of likely N-dealkylation sites (N-methyl/N-ethyl adjacent to an activating group) is 1. The van der Waals surface area contributed by atoms with Crippen molar-refractivity contribution in [3.05, 3.63) is 42.4 Å². The molecule has 0 amide bonds. The highest BCUT2D eigenvalue weighted by atomic mass is 15.3. The maximum Gasteiger partial charge on any atom is 0.128 e. The number of aryl methyl sites for hydroxylation is 1. The quantitative estimate of drug-likeness (QED) is 0.849. The van der Waals surface area contributed by atoms with Crippen LogP contribution in [0.2, 0.25) is 0 Å². The molecular formula is C17H25N5. The van der Waals surface area contributed by atoms with Gasteiger partial charge in [0.1, 0.15) is 5.82 Å². The SMILES string of the molecule is CCn1cc(CN(C)C2CCCN(c3ccccn3)C2)cn1. The summed E-state index contributed by atoms with van der Waals surface area (Å²) < 4.78 is 1.99. The molecule has 0 aliphatic carbocycles. The Morgan fingerprint density at radius 2 is 2.27 bits per heavy atom. The summed E-state index contributed by atoms with van der Waals surface area (Å²) in [5.74, 6) is 1.10. The van der Waals surface area contributed by atoms with E-state index in [4.69, 9.17) is 0 Å². The van der Waals surface area contributed by atoms with E-state index in [9.17, 15) is 0 Å². The molecule has 1 fully saturated rings. The van der Waals surface area contributed by atoms with Crippen molar-refractivity contribution in [2.24, 2.45) is 0 Å². The lowest BCUT2D eigenvalue weighted by molar-refractivity contribution is 0.207. The summed E-state index contributed by atoms with van der Waals surface area (Å²) in [5.41, 5.74) is 1.29. The van der Waals surface area contributed by atoms with Gasteiger partial charge >= 0.3 is 0 Å². The van der Waals surface area contributed by atoms with Gasteiger partial charge in [-0.05, 0) is 38.9 Å². The molecule has 1 unspecified atom stereocenters. The van der Waals surface area contributed by atoms with Crippen molar-refractivity contribution in [3.8, 4) is 0 Å². The van der Waals surface area contributed by atoms with Gasteiger partial charge in [-0.25, -0.2) is 4.98 Å². The van der Waals surface area contributed by atoms with Gasteiger partial charge in [-0.15, -0.1) is 0 Å². The van der Waals surface area contributed by atoms with Gasteiger partial charge in [-0.1, -0.05) is 6.07 Å². The minimum Gasteiger partial charge on any atom is -0.355 e. The van der Waals surface area contributed by atoms with Crippen molar-refractivity contribution in [1.82, 2.24) is 19.7 Å². The first-order chi connectivity index (χ1) is 10.8. The lowest BCUT2D eigenvalue weighted by atomic mass is 10.0. The lowest BCUT2D eigenvalue weighted by Gasteiger charge is -2.38. The van der Waals surface area contributed by atoms with Gasteiger partial charge in [0, 0.05) is 50.2 Å². The van der Waals surface area contributed by atoms with E-state index in [1.165, 1.54) is 18.4 Å². The van der Waals surface area contributed by atoms with Crippen LogP contribution in [-0.2, 0) is 13.1 Å². The highest BCUT2D eigenvalue weighted by molar-refractivity contribution is 5.38. The third-order valence-electron chi connectivity index (χ3n) is 4.44. The second-order valence-corrected chi connectivity index (χ2v) is 6.05. The molecule has 2 aromatic heterocycles. The predicted octanol–water partition coefficient (Wildman–Crippen LogP) is 2.40. The molecule has 1 saturated heterocycles.